The van der Waals surface area contributed by atoms with E-state index >= 15 is 0 Å². The van der Waals surface area contributed by atoms with Crippen LogP contribution in [-0.2, 0) is 4.74 Å². The Morgan fingerprint density at radius 3 is 3.17 bits per heavy atom. The molecule has 1 atom stereocenters. The maximum atomic E-state index is 5.55. The quantitative estimate of drug-likeness (QED) is 0.528. The highest BCUT2D eigenvalue weighted by molar-refractivity contribution is 4.70. The Morgan fingerprint density at radius 2 is 2.50 bits per heavy atom. The summed E-state index contributed by atoms with van der Waals surface area (Å²) in [4.78, 5) is 2.29. The fourth-order valence-corrected chi connectivity index (χ4v) is 1.36. The summed E-state index contributed by atoms with van der Waals surface area (Å²) < 4.78 is 5.55. The summed E-state index contributed by atoms with van der Waals surface area (Å²) in [5.74, 6) is 0. The topological polar surface area (TPSA) is 50.5 Å². The Labute approximate surface area is 74.1 Å². The van der Waals surface area contributed by atoms with Gasteiger partial charge in [0.05, 0.1) is 12.7 Å². The van der Waals surface area contributed by atoms with Crippen molar-refractivity contribution < 1.29 is 4.74 Å². The van der Waals surface area contributed by atoms with Gasteiger partial charge in [-0.2, -0.15) is 0 Å². The molecule has 72 valence electrons. The van der Waals surface area contributed by atoms with Crippen molar-refractivity contribution in [2.75, 3.05) is 46.4 Å². The molecule has 0 saturated carbocycles. The van der Waals surface area contributed by atoms with Crippen LogP contribution < -0.4 is 11.1 Å². The van der Waals surface area contributed by atoms with Crippen molar-refractivity contribution in [3.8, 4) is 0 Å². The minimum Gasteiger partial charge on any atom is -0.374 e. The van der Waals surface area contributed by atoms with Gasteiger partial charge in [-0.15, -0.1) is 0 Å². The molecule has 0 aromatic heterocycles. The van der Waals surface area contributed by atoms with E-state index in [4.69, 9.17) is 10.5 Å². The summed E-state index contributed by atoms with van der Waals surface area (Å²) in [7, 11) is 2.12. The Kier molecular flexibility index (Phi) is 4.53. The molecular weight excluding hydrogens is 154 g/mol. The van der Waals surface area contributed by atoms with Crippen LogP contribution in [0.25, 0.3) is 0 Å². The number of nitrogens with one attached hydrogen (secondary N) is 1. The fraction of sp³-hybridized carbons (Fsp3) is 1.00. The average molecular weight is 173 g/mol. The van der Waals surface area contributed by atoms with E-state index in [2.05, 4.69) is 17.3 Å². The molecule has 0 aromatic carbocycles. The highest BCUT2D eigenvalue weighted by atomic mass is 16.5. The first-order chi connectivity index (χ1) is 5.83. The lowest BCUT2D eigenvalue weighted by molar-refractivity contribution is -0.0178. The lowest BCUT2D eigenvalue weighted by Gasteiger charge is -2.30. The van der Waals surface area contributed by atoms with Gasteiger partial charge in [0.25, 0.3) is 0 Å². The van der Waals surface area contributed by atoms with Crippen molar-refractivity contribution in [3.05, 3.63) is 0 Å². The van der Waals surface area contributed by atoms with E-state index in [0.717, 1.165) is 32.8 Å². The van der Waals surface area contributed by atoms with Crippen LogP contribution in [0.3, 0.4) is 0 Å². The number of hydrogen-bond donors (Lipinski definition) is 2. The third-order valence-corrected chi connectivity index (χ3v) is 2.03. The van der Waals surface area contributed by atoms with E-state index in [-0.39, 0.29) is 0 Å². The number of likely N-dealkylation sites (N-methyl/N-ethyl adjacent to an activating group) is 1. The number of nitrogens with zero attached hydrogens (tertiary/aromatic N) is 1. The van der Waals surface area contributed by atoms with Gasteiger partial charge >= 0.3 is 0 Å². The lowest BCUT2D eigenvalue weighted by atomic mass is 10.3. The van der Waals surface area contributed by atoms with E-state index in [0.29, 0.717) is 12.6 Å². The van der Waals surface area contributed by atoms with E-state index in [1.54, 1.807) is 0 Å². The van der Waals surface area contributed by atoms with E-state index in [1.165, 1.54) is 0 Å². The average Bonchev–Trinajstić information content (AvgIpc) is 2.05. The van der Waals surface area contributed by atoms with Crippen molar-refractivity contribution in [2.45, 2.75) is 6.10 Å². The second-order valence-electron chi connectivity index (χ2n) is 3.25. The van der Waals surface area contributed by atoms with Crippen LogP contribution in [0.1, 0.15) is 0 Å². The Bertz CT molecular complexity index is 121. The predicted molar refractivity (Wildman–Crippen MR) is 49.2 cm³/mol. The normalized spacial score (nSPS) is 26.0. The van der Waals surface area contributed by atoms with Crippen LogP contribution in [0.5, 0.6) is 0 Å². The second-order valence-corrected chi connectivity index (χ2v) is 3.25. The molecule has 0 aliphatic carbocycles. The van der Waals surface area contributed by atoms with Gasteiger partial charge in [-0.3, -0.25) is 0 Å². The van der Waals surface area contributed by atoms with E-state index in [9.17, 15) is 0 Å². The molecule has 1 fully saturated rings. The van der Waals surface area contributed by atoms with Gasteiger partial charge in [-0.05, 0) is 7.05 Å². The second kappa shape index (κ2) is 5.48. The third-order valence-electron chi connectivity index (χ3n) is 2.03. The van der Waals surface area contributed by atoms with Crippen molar-refractivity contribution >= 4 is 0 Å². The van der Waals surface area contributed by atoms with Crippen LogP contribution in [0.4, 0.5) is 0 Å². The van der Waals surface area contributed by atoms with Crippen molar-refractivity contribution in [2.24, 2.45) is 5.73 Å². The zero-order chi connectivity index (χ0) is 8.81. The Balaban J connectivity index is 2.06. The van der Waals surface area contributed by atoms with Crippen LogP contribution in [0.2, 0.25) is 0 Å². The van der Waals surface area contributed by atoms with Gasteiger partial charge in [0.2, 0.25) is 0 Å². The van der Waals surface area contributed by atoms with Gasteiger partial charge in [-0.1, -0.05) is 0 Å². The molecule has 12 heavy (non-hydrogen) atoms. The van der Waals surface area contributed by atoms with Gasteiger partial charge in [0, 0.05) is 32.7 Å². The molecule has 4 nitrogen and oxygen atoms in total. The monoisotopic (exact) mass is 173 g/mol. The highest BCUT2D eigenvalue weighted by Crippen LogP contribution is 2.00. The molecule has 1 heterocycles. The molecule has 0 amide bonds. The Morgan fingerprint density at radius 1 is 1.67 bits per heavy atom. The summed E-state index contributed by atoms with van der Waals surface area (Å²) in [5.41, 5.74) is 5.36. The summed E-state index contributed by atoms with van der Waals surface area (Å²) in [6.07, 6.45) is 0.343. The number of hydrogen-bond acceptors (Lipinski definition) is 4. The molecule has 0 aromatic rings. The first-order valence-electron chi connectivity index (χ1n) is 4.54. The minimum absolute atomic E-state index is 0.343. The van der Waals surface area contributed by atoms with Crippen molar-refractivity contribution in [1.82, 2.24) is 10.2 Å². The molecule has 1 aliphatic rings. The lowest BCUT2D eigenvalue weighted by Crippen LogP contribution is -2.45. The molecular formula is C8H19N3O. The van der Waals surface area contributed by atoms with Gasteiger partial charge in [-0.25, -0.2) is 0 Å². The Hall–Kier alpha value is -0.160. The highest BCUT2D eigenvalue weighted by Gasteiger charge is 2.16. The van der Waals surface area contributed by atoms with Crippen molar-refractivity contribution in [3.63, 3.8) is 0 Å². The van der Waals surface area contributed by atoms with Gasteiger partial charge in [0.1, 0.15) is 0 Å². The summed E-state index contributed by atoms with van der Waals surface area (Å²) in [6.45, 7) is 5.42. The SMILES string of the molecule is CN1CCOC(CNCCN)C1. The number of nitrogens with two attached hydrogens (primary N) is 1. The van der Waals surface area contributed by atoms with E-state index < -0.39 is 0 Å². The largest absolute Gasteiger partial charge is 0.374 e. The van der Waals surface area contributed by atoms with Crippen LogP contribution in [0, 0.1) is 0 Å². The molecule has 1 unspecified atom stereocenters. The molecule has 1 rings (SSSR count). The van der Waals surface area contributed by atoms with Crippen LogP contribution in [0.15, 0.2) is 0 Å². The summed E-state index contributed by atoms with van der Waals surface area (Å²) in [6, 6.07) is 0. The molecule has 3 N–H and O–H groups in total. The third kappa shape index (κ3) is 3.49. The van der Waals surface area contributed by atoms with Crippen LogP contribution >= 0.6 is 0 Å². The van der Waals surface area contributed by atoms with Gasteiger partial charge < -0.3 is 20.7 Å². The van der Waals surface area contributed by atoms with Crippen molar-refractivity contribution in [1.29, 1.82) is 0 Å². The molecule has 0 radical (unpaired) electrons. The minimum atomic E-state index is 0.343. The molecule has 1 aliphatic heterocycles. The van der Waals surface area contributed by atoms with E-state index in [1.807, 2.05) is 0 Å². The zero-order valence-electron chi connectivity index (χ0n) is 7.75. The first kappa shape index (κ1) is 9.92. The molecule has 0 bridgehead atoms. The van der Waals surface area contributed by atoms with Gasteiger partial charge in [0.15, 0.2) is 0 Å². The first-order valence-corrected chi connectivity index (χ1v) is 4.54. The number of rotatable bonds is 4. The maximum Gasteiger partial charge on any atom is 0.0826 e. The fourth-order valence-electron chi connectivity index (χ4n) is 1.36. The zero-order valence-corrected chi connectivity index (χ0v) is 7.75. The predicted octanol–water partition coefficient (Wildman–Crippen LogP) is -1.13. The summed E-state index contributed by atoms with van der Waals surface area (Å²) >= 11 is 0. The summed E-state index contributed by atoms with van der Waals surface area (Å²) in [5, 5.41) is 3.25. The molecule has 0 spiro atoms. The smallest absolute Gasteiger partial charge is 0.0826 e. The van der Waals surface area contributed by atoms with Crippen LogP contribution in [-0.4, -0.2) is 57.4 Å². The standard InChI is InChI=1S/C8H19N3O/c1-11-4-5-12-8(7-11)6-10-3-2-9/h8,10H,2-7,9H2,1H3. The maximum absolute atomic E-state index is 5.55. The number of ether oxygens (including phenoxy) is 1. The molecule has 4 heteroatoms. The molecule has 1 saturated heterocycles. The number of morpholine rings is 1.